The molecule has 1 N–H and O–H groups in total. The van der Waals surface area contributed by atoms with Gasteiger partial charge in [0.25, 0.3) is 0 Å². The summed E-state index contributed by atoms with van der Waals surface area (Å²) in [6, 6.07) is 17.5. The lowest BCUT2D eigenvalue weighted by atomic mass is 9.64. The molecule has 3 aromatic carbocycles. The monoisotopic (exact) mass is 567 g/mol. The Morgan fingerprint density at radius 3 is 2.24 bits per heavy atom. The minimum absolute atomic E-state index is 0.237. The highest BCUT2D eigenvalue weighted by Gasteiger charge is 2.45. The third-order valence-electron chi connectivity index (χ3n) is 7.67. The van der Waals surface area contributed by atoms with Crippen molar-refractivity contribution in [3.05, 3.63) is 103 Å². The lowest BCUT2D eigenvalue weighted by Crippen LogP contribution is -2.40. The zero-order valence-electron chi connectivity index (χ0n) is 21.2. The number of hydrogen-bond donors (Lipinski definition) is 1. The average Bonchev–Trinajstić information content (AvgIpc) is 3.60. The van der Waals surface area contributed by atoms with Crippen molar-refractivity contribution in [1.29, 1.82) is 0 Å². The fourth-order valence-electron chi connectivity index (χ4n) is 5.62. The Labute approximate surface area is 237 Å². The van der Waals surface area contributed by atoms with Gasteiger partial charge < -0.3 is 14.4 Å². The molecule has 0 bridgehead atoms. The van der Waals surface area contributed by atoms with Crippen molar-refractivity contribution in [3.8, 4) is 17.0 Å². The van der Waals surface area contributed by atoms with Gasteiger partial charge in [-0.3, -0.25) is 0 Å². The van der Waals surface area contributed by atoms with Crippen molar-refractivity contribution in [3.63, 3.8) is 0 Å². The molecule has 1 aromatic heterocycles. The van der Waals surface area contributed by atoms with Gasteiger partial charge in [0.2, 0.25) is 0 Å². The highest BCUT2D eigenvalue weighted by atomic mass is 35.5. The number of rotatable bonds is 7. The first-order valence-corrected chi connectivity index (χ1v) is 14.0. The zero-order valence-corrected chi connectivity index (χ0v) is 23.5. The number of aromatic nitrogens is 1. The van der Waals surface area contributed by atoms with Crippen LogP contribution in [0, 0.1) is 13.8 Å². The van der Waals surface area contributed by atoms with E-state index in [1.165, 1.54) is 16.7 Å². The second kappa shape index (κ2) is 9.91. The van der Waals surface area contributed by atoms with E-state index in [9.17, 15) is 5.11 Å². The third kappa shape index (κ3) is 4.84. The number of nitrogens with zero attached hydrogens (tertiary/aromatic N) is 1. The molecule has 2 aliphatic carbocycles. The van der Waals surface area contributed by atoms with Crippen molar-refractivity contribution in [2.24, 2.45) is 0 Å². The second-order valence-corrected chi connectivity index (χ2v) is 12.0. The number of hydrogen-bond acceptors (Lipinski definition) is 4. The molecule has 0 amide bonds. The fourth-order valence-corrected chi connectivity index (χ4v) is 6.55. The van der Waals surface area contributed by atoms with Crippen LogP contribution in [0.1, 0.15) is 71.1 Å². The molecular formula is C31H28Cl3NO3. The number of halogens is 3. The number of aliphatic hydroxyl groups is 1. The first-order valence-electron chi connectivity index (χ1n) is 12.9. The average molecular weight is 569 g/mol. The Morgan fingerprint density at radius 1 is 0.921 bits per heavy atom. The summed E-state index contributed by atoms with van der Waals surface area (Å²) in [6.45, 7) is 4.45. The minimum Gasteiger partial charge on any atom is -0.489 e. The second-order valence-electron chi connectivity index (χ2n) is 10.7. The lowest BCUT2D eigenvalue weighted by molar-refractivity contribution is -0.0549. The molecule has 38 heavy (non-hydrogen) atoms. The van der Waals surface area contributed by atoms with Gasteiger partial charge in [-0.1, -0.05) is 81.4 Å². The normalized spacial score (nSPS) is 20.8. The maximum absolute atomic E-state index is 11.4. The minimum atomic E-state index is -0.945. The molecule has 0 spiro atoms. The summed E-state index contributed by atoms with van der Waals surface area (Å²) in [4.78, 5) is 0. The highest BCUT2D eigenvalue weighted by Crippen LogP contribution is 2.53. The molecule has 196 valence electrons. The van der Waals surface area contributed by atoms with Crippen molar-refractivity contribution in [1.82, 2.24) is 5.16 Å². The Morgan fingerprint density at radius 2 is 1.61 bits per heavy atom. The van der Waals surface area contributed by atoms with Crippen molar-refractivity contribution in [2.75, 3.05) is 0 Å². The van der Waals surface area contributed by atoms with Gasteiger partial charge in [-0.25, -0.2) is 0 Å². The molecule has 2 saturated carbocycles. The number of ether oxygens (including phenoxy) is 1. The third-order valence-corrected chi connectivity index (χ3v) is 8.62. The van der Waals surface area contributed by atoms with Crippen molar-refractivity contribution < 1.29 is 14.4 Å². The van der Waals surface area contributed by atoms with Crippen LogP contribution in [0.4, 0.5) is 0 Å². The van der Waals surface area contributed by atoms with Gasteiger partial charge in [0, 0.05) is 17.0 Å². The predicted molar refractivity (Wildman–Crippen MR) is 152 cm³/mol. The van der Waals surface area contributed by atoms with Crippen LogP contribution in [-0.4, -0.2) is 10.3 Å². The topological polar surface area (TPSA) is 55.5 Å². The fraction of sp³-hybridized carbons (Fsp3) is 0.323. The summed E-state index contributed by atoms with van der Waals surface area (Å²) >= 11 is 19.6. The molecule has 6 rings (SSSR count). The maximum atomic E-state index is 11.4. The summed E-state index contributed by atoms with van der Waals surface area (Å²) in [5.74, 6) is 2.07. The van der Waals surface area contributed by atoms with E-state index in [1.807, 2.05) is 12.1 Å². The highest BCUT2D eigenvalue weighted by molar-refractivity contribution is 6.39. The summed E-state index contributed by atoms with van der Waals surface area (Å²) in [5, 5.41) is 17.2. The molecule has 7 heteroatoms. The van der Waals surface area contributed by atoms with E-state index < -0.39 is 5.60 Å². The Bertz CT molecular complexity index is 1480. The summed E-state index contributed by atoms with van der Waals surface area (Å²) in [5.41, 5.74) is 5.64. The van der Waals surface area contributed by atoms with E-state index in [0.29, 0.717) is 56.8 Å². The molecule has 0 aliphatic heterocycles. The van der Waals surface area contributed by atoms with Gasteiger partial charge in [-0.15, -0.1) is 0 Å². The SMILES string of the molecule is Cc1cc(C)cc(C2CC(O)(c3ccc(OCc4c(-c5c(Cl)cccc5Cl)noc4C4CC4)cc3Cl)C2)c1. The molecule has 1 heterocycles. The number of benzene rings is 3. The zero-order chi connectivity index (χ0) is 26.6. The van der Waals surface area contributed by atoms with Crippen LogP contribution in [0.25, 0.3) is 11.3 Å². The Hall–Kier alpha value is -2.50. The van der Waals surface area contributed by atoms with Gasteiger partial charge >= 0.3 is 0 Å². The standard InChI is InChI=1S/C31H28Cl3NO3/c1-17-10-18(2)12-20(11-17)21-14-31(36,15-21)24-9-8-22(13-27(24)34)37-16-23-29(35-38-30(23)19-6-7-19)28-25(32)4-3-5-26(28)33/h3-5,8-13,19,21,36H,6-7,14-16H2,1-2H3. The quantitative estimate of drug-likeness (QED) is 0.241. The van der Waals surface area contributed by atoms with Crippen molar-refractivity contribution >= 4 is 34.8 Å². The summed E-state index contributed by atoms with van der Waals surface area (Å²) in [6.07, 6.45) is 3.40. The van der Waals surface area contributed by atoms with Gasteiger partial charge in [-0.05, 0) is 75.3 Å². The van der Waals surface area contributed by atoms with E-state index in [0.717, 1.165) is 29.7 Å². The van der Waals surface area contributed by atoms with E-state index >= 15 is 0 Å². The van der Waals surface area contributed by atoms with Crippen LogP contribution in [0.5, 0.6) is 5.75 Å². The number of aryl methyl sites for hydroxylation is 2. The summed E-state index contributed by atoms with van der Waals surface area (Å²) in [7, 11) is 0. The van der Waals surface area contributed by atoms with Gasteiger partial charge in [0.05, 0.1) is 26.2 Å². The largest absolute Gasteiger partial charge is 0.489 e. The van der Waals surface area contributed by atoms with Crippen LogP contribution < -0.4 is 4.74 Å². The molecular weight excluding hydrogens is 541 g/mol. The van der Waals surface area contributed by atoms with Crippen LogP contribution >= 0.6 is 34.8 Å². The lowest BCUT2D eigenvalue weighted by Gasteiger charge is -2.45. The first kappa shape index (κ1) is 25.8. The molecule has 2 aliphatic rings. The van der Waals surface area contributed by atoms with E-state index in [1.54, 1.807) is 24.3 Å². The maximum Gasteiger partial charge on any atom is 0.147 e. The smallest absolute Gasteiger partial charge is 0.147 e. The molecule has 0 saturated heterocycles. The van der Waals surface area contributed by atoms with E-state index in [2.05, 4.69) is 37.2 Å². The Balaban J connectivity index is 1.20. The van der Waals surface area contributed by atoms with Crippen LogP contribution in [-0.2, 0) is 12.2 Å². The first-order chi connectivity index (χ1) is 18.2. The van der Waals surface area contributed by atoms with Gasteiger partial charge in [0.1, 0.15) is 23.8 Å². The van der Waals surface area contributed by atoms with Crippen LogP contribution in [0.2, 0.25) is 15.1 Å². The molecule has 2 fully saturated rings. The Kier molecular flexibility index (Phi) is 6.72. The molecule has 4 aromatic rings. The molecule has 4 nitrogen and oxygen atoms in total. The van der Waals surface area contributed by atoms with E-state index in [-0.39, 0.29) is 6.61 Å². The van der Waals surface area contributed by atoms with E-state index in [4.69, 9.17) is 44.1 Å². The molecule has 0 unspecified atom stereocenters. The van der Waals surface area contributed by atoms with Crippen LogP contribution in [0.3, 0.4) is 0 Å². The summed E-state index contributed by atoms with van der Waals surface area (Å²) < 4.78 is 11.9. The predicted octanol–water partition coefficient (Wildman–Crippen LogP) is 9.14. The molecule has 0 atom stereocenters. The van der Waals surface area contributed by atoms with Gasteiger partial charge in [0.15, 0.2) is 0 Å². The van der Waals surface area contributed by atoms with Crippen LogP contribution in [0.15, 0.2) is 59.1 Å². The van der Waals surface area contributed by atoms with Gasteiger partial charge in [-0.2, -0.15) is 0 Å². The van der Waals surface area contributed by atoms with Crippen molar-refractivity contribution in [2.45, 2.75) is 63.6 Å². The molecule has 0 radical (unpaired) electrons.